The van der Waals surface area contributed by atoms with Gasteiger partial charge in [-0.15, -0.1) is 0 Å². The minimum atomic E-state index is -0.365. The Hall–Kier alpha value is -0.650. The number of rotatable bonds is 6. The third-order valence-corrected chi connectivity index (χ3v) is 3.17. The molecule has 1 amide bonds. The van der Waals surface area contributed by atoms with Crippen LogP contribution in [0.3, 0.4) is 0 Å². The lowest BCUT2D eigenvalue weighted by atomic mass is 10.1. The molecule has 1 saturated heterocycles. The molecule has 1 rings (SSSR count). The van der Waals surface area contributed by atoms with E-state index in [1.807, 2.05) is 6.92 Å². The van der Waals surface area contributed by atoms with Crippen molar-refractivity contribution in [1.82, 2.24) is 10.2 Å². The Balaban J connectivity index is 2.19. The molecule has 18 heavy (non-hydrogen) atoms. The SMILES string of the molecule is CCCC(N)C(=O)NCCN1CCOC(C)(C)C1. The van der Waals surface area contributed by atoms with Crippen molar-refractivity contribution in [1.29, 1.82) is 0 Å². The Morgan fingerprint density at radius 3 is 2.89 bits per heavy atom. The largest absolute Gasteiger partial charge is 0.373 e. The zero-order valence-electron chi connectivity index (χ0n) is 11.9. The summed E-state index contributed by atoms with van der Waals surface area (Å²) in [6.07, 6.45) is 1.68. The van der Waals surface area contributed by atoms with Crippen LogP contribution in [0.4, 0.5) is 0 Å². The Morgan fingerprint density at radius 2 is 2.28 bits per heavy atom. The van der Waals surface area contributed by atoms with E-state index < -0.39 is 0 Å². The first-order valence-corrected chi connectivity index (χ1v) is 6.84. The van der Waals surface area contributed by atoms with Crippen LogP contribution in [-0.2, 0) is 9.53 Å². The summed E-state index contributed by atoms with van der Waals surface area (Å²) in [5.41, 5.74) is 5.66. The summed E-state index contributed by atoms with van der Waals surface area (Å²) in [6.45, 7) is 10.3. The van der Waals surface area contributed by atoms with Crippen LogP contribution in [0.25, 0.3) is 0 Å². The molecule has 5 nitrogen and oxygen atoms in total. The number of ether oxygens (including phenoxy) is 1. The molecule has 0 radical (unpaired) electrons. The second-order valence-electron chi connectivity index (χ2n) is 5.57. The maximum atomic E-state index is 11.6. The summed E-state index contributed by atoms with van der Waals surface area (Å²) < 4.78 is 5.64. The molecule has 0 bridgehead atoms. The lowest BCUT2D eigenvalue weighted by Gasteiger charge is -2.38. The average molecular weight is 257 g/mol. The normalized spacial score (nSPS) is 21.6. The summed E-state index contributed by atoms with van der Waals surface area (Å²) in [5, 5.41) is 2.90. The van der Waals surface area contributed by atoms with Gasteiger partial charge in [-0.1, -0.05) is 13.3 Å². The summed E-state index contributed by atoms with van der Waals surface area (Å²) >= 11 is 0. The molecule has 0 aromatic rings. The second kappa shape index (κ2) is 7.07. The van der Waals surface area contributed by atoms with Crippen molar-refractivity contribution in [3.63, 3.8) is 0 Å². The van der Waals surface area contributed by atoms with E-state index in [0.717, 1.165) is 39.1 Å². The van der Waals surface area contributed by atoms with Crippen LogP contribution in [0.15, 0.2) is 0 Å². The van der Waals surface area contributed by atoms with Gasteiger partial charge in [0.15, 0.2) is 0 Å². The van der Waals surface area contributed by atoms with Crippen molar-refractivity contribution in [2.24, 2.45) is 5.73 Å². The van der Waals surface area contributed by atoms with Gasteiger partial charge in [0.25, 0.3) is 0 Å². The minimum Gasteiger partial charge on any atom is -0.373 e. The predicted octanol–water partition coefficient (Wildman–Crippen LogP) is 0.341. The number of hydrogen-bond acceptors (Lipinski definition) is 4. The zero-order chi connectivity index (χ0) is 13.6. The monoisotopic (exact) mass is 257 g/mol. The lowest BCUT2D eigenvalue weighted by molar-refractivity contribution is -0.122. The Bertz CT molecular complexity index is 269. The molecule has 1 aliphatic heterocycles. The van der Waals surface area contributed by atoms with Crippen molar-refractivity contribution in [3.8, 4) is 0 Å². The van der Waals surface area contributed by atoms with Crippen molar-refractivity contribution in [2.75, 3.05) is 32.8 Å². The van der Waals surface area contributed by atoms with Gasteiger partial charge in [0.05, 0.1) is 18.2 Å². The van der Waals surface area contributed by atoms with Crippen LogP contribution < -0.4 is 11.1 Å². The fourth-order valence-corrected chi connectivity index (χ4v) is 2.22. The number of hydrogen-bond donors (Lipinski definition) is 2. The maximum Gasteiger partial charge on any atom is 0.236 e. The van der Waals surface area contributed by atoms with E-state index in [-0.39, 0.29) is 17.6 Å². The van der Waals surface area contributed by atoms with Gasteiger partial charge in [-0.2, -0.15) is 0 Å². The van der Waals surface area contributed by atoms with Gasteiger partial charge in [0.2, 0.25) is 5.91 Å². The van der Waals surface area contributed by atoms with Crippen molar-refractivity contribution in [3.05, 3.63) is 0 Å². The fraction of sp³-hybridized carbons (Fsp3) is 0.923. The van der Waals surface area contributed by atoms with E-state index in [1.165, 1.54) is 0 Å². The lowest BCUT2D eigenvalue weighted by Crippen LogP contribution is -2.51. The van der Waals surface area contributed by atoms with Gasteiger partial charge >= 0.3 is 0 Å². The zero-order valence-corrected chi connectivity index (χ0v) is 11.9. The van der Waals surface area contributed by atoms with E-state index in [2.05, 4.69) is 24.1 Å². The summed E-state index contributed by atoms with van der Waals surface area (Å²) in [5.74, 6) is -0.0376. The molecule has 5 heteroatoms. The van der Waals surface area contributed by atoms with Gasteiger partial charge in [0.1, 0.15) is 0 Å². The van der Waals surface area contributed by atoms with Gasteiger partial charge in [-0.05, 0) is 20.3 Å². The smallest absolute Gasteiger partial charge is 0.236 e. The van der Waals surface area contributed by atoms with E-state index in [4.69, 9.17) is 10.5 Å². The molecule has 0 saturated carbocycles. The molecular formula is C13H27N3O2. The van der Waals surface area contributed by atoms with Gasteiger partial charge in [-0.25, -0.2) is 0 Å². The molecule has 106 valence electrons. The third kappa shape index (κ3) is 5.33. The highest BCUT2D eigenvalue weighted by Crippen LogP contribution is 2.15. The molecule has 1 atom stereocenters. The number of carbonyl (C=O) groups is 1. The quantitative estimate of drug-likeness (QED) is 0.720. The van der Waals surface area contributed by atoms with Gasteiger partial charge < -0.3 is 15.8 Å². The molecule has 3 N–H and O–H groups in total. The first-order valence-electron chi connectivity index (χ1n) is 6.84. The molecule has 1 fully saturated rings. The Labute approximate surface area is 110 Å². The molecule has 1 heterocycles. The minimum absolute atomic E-state index is 0.0376. The number of amides is 1. The van der Waals surface area contributed by atoms with E-state index in [0.29, 0.717) is 6.54 Å². The highest BCUT2D eigenvalue weighted by molar-refractivity contribution is 5.81. The maximum absolute atomic E-state index is 11.6. The number of carbonyl (C=O) groups excluding carboxylic acids is 1. The summed E-state index contributed by atoms with van der Waals surface area (Å²) in [7, 11) is 0. The topological polar surface area (TPSA) is 67.6 Å². The average Bonchev–Trinajstić information content (AvgIpc) is 2.28. The van der Waals surface area contributed by atoms with Gasteiger partial charge in [-0.3, -0.25) is 9.69 Å². The van der Waals surface area contributed by atoms with Crippen molar-refractivity contribution >= 4 is 5.91 Å². The van der Waals surface area contributed by atoms with Gasteiger partial charge in [0, 0.05) is 26.2 Å². The molecule has 0 spiro atoms. The first-order chi connectivity index (χ1) is 8.44. The van der Waals surface area contributed by atoms with E-state index in [1.54, 1.807) is 0 Å². The summed E-state index contributed by atoms with van der Waals surface area (Å²) in [6, 6.07) is -0.365. The Kier molecular flexibility index (Phi) is 6.05. The number of morpholine rings is 1. The standard InChI is InChI=1S/C13H27N3O2/c1-4-5-11(14)12(17)15-6-7-16-8-9-18-13(2,3)10-16/h11H,4-10,14H2,1-3H3,(H,15,17). The number of nitrogens with two attached hydrogens (primary N) is 1. The number of nitrogens with one attached hydrogen (secondary N) is 1. The highest BCUT2D eigenvalue weighted by atomic mass is 16.5. The summed E-state index contributed by atoms with van der Waals surface area (Å²) in [4.78, 5) is 13.9. The van der Waals surface area contributed by atoms with E-state index in [9.17, 15) is 4.79 Å². The molecule has 0 aromatic carbocycles. The molecule has 0 aromatic heterocycles. The molecule has 1 unspecified atom stereocenters. The van der Waals surface area contributed by atoms with Crippen molar-refractivity contribution < 1.29 is 9.53 Å². The second-order valence-corrected chi connectivity index (χ2v) is 5.57. The van der Waals surface area contributed by atoms with Crippen LogP contribution >= 0.6 is 0 Å². The highest BCUT2D eigenvalue weighted by Gasteiger charge is 2.26. The fourth-order valence-electron chi connectivity index (χ4n) is 2.22. The predicted molar refractivity (Wildman–Crippen MR) is 72.4 cm³/mol. The Morgan fingerprint density at radius 1 is 1.56 bits per heavy atom. The van der Waals surface area contributed by atoms with Crippen LogP contribution in [0.1, 0.15) is 33.6 Å². The van der Waals surface area contributed by atoms with Crippen LogP contribution in [-0.4, -0.2) is 55.2 Å². The van der Waals surface area contributed by atoms with Crippen molar-refractivity contribution in [2.45, 2.75) is 45.3 Å². The third-order valence-electron chi connectivity index (χ3n) is 3.17. The first kappa shape index (κ1) is 15.4. The number of nitrogens with zero attached hydrogens (tertiary/aromatic N) is 1. The van der Waals surface area contributed by atoms with E-state index >= 15 is 0 Å². The molecule has 0 aliphatic carbocycles. The van der Waals surface area contributed by atoms with Crippen LogP contribution in [0.5, 0.6) is 0 Å². The molecule has 1 aliphatic rings. The molecular weight excluding hydrogens is 230 g/mol. The van der Waals surface area contributed by atoms with Crippen LogP contribution in [0.2, 0.25) is 0 Å². The van der Waals surface area contributed by atoms with Crippen LogP contribution in [0, 0.1) is 0 Å².